The van der Waals surface area contributed by atoms with Crippen LogP contribution in [0.3, 0.4) is 0 Å². The lowest BCUT2D eigenvalue weighted by molar-refractivity contribution is -0.133. The normalized spacial score (nSPS) is 25.9. The number of amides is 1. The van der Waals surface area contributed by atoms with Crippen LogP contribution in [0.25, 0.3) is 0 Å². The van der Waals surface area contributed by atoms with E-state index in [9.17, 15) is 9.90 Å². The molecule has 0 saturated carbocycles. The summed E-state index contributed by atoms with van der Waals surface area (Å²) in [6.07, 6.45) is 1.69. The minimum absolute atomic E-state index is 0.0685. The molecule has 1 amide bonds. The van der Waals surface area contributed by atoms with E-state index in [1.165, 1.54) is 0 Å². The standard InChI is InChI=1S/C11H21NO3/c1-3-5-11(14)12-7-10(13)6-9(12)8-15-4-2/h9-10,13H,3-8H2,1-2H3/t9-,10-/m0/s1. The summed E-state index contributed by atoms with van der Waals surface area (Å²) in [4.78, 5) is 13.5. The van der Waals surface area contributed by atoms with E-state index in [0.29, 0.717) is 32.6 Å². The van der Waals surface area contributed by atoms with Gasteiger partial charge in [-0.1, -0.05) is 6.92 Å². The molecule has 1 saturated heterocycles. The molecule has 1 N–H and O–H groups in total. The third kappa shape index (κ3) is 3.47. The maximum Gasteiger partial charge on any atom is 0.222 e. The number of carbonyl (C=O) groups excluding carboxylic acids is 1. The van der Waals surface area contributed by atoms with Crippen molar-refractivity contribution in [3.05, 3.63) is 0 Å². The number of β-amino-alcohol motifs (C(OH)–C–C–N with tert-alkyl or cyclic N) is 1. The summed E-state index contributed by atoms with van der Waals surface area (Å²) in [5, 5.41) is 9.54. The van der Waals surface area contributed by atoms with Crippen molar-refractivity contribution >= 4 is 5.91 Å². The predicted octanol–water partition coefficient (Wildman–Crippen LogP) is 0.785. The molecule has 0 aromatic rings. The van der Waals surface area contributed by atoms with Crippen LogP contribution in [0, 0.1) is 0 Å². The van der Waals surface area contributed by atoms with Crippen molar-refractivity contribution in [1.82, 2.24) is 4.90 Å². The van der Waals surface area contributed by atoms with E-state index in [0.717, 1.165) is 6.42 Å². The van der Waals surface area contributed by atoms with E-state index in [1.807, 2.05) is 13.8 Å². The SMILES string of the molecule is CCCC(=O)N1C[C@@H](O)C[C@H]1COCC. The Hall–Kier alpha value is -0.610. The number of nitrogens with zero attached hydrogens (tertiary/aromatic N) is 1. The van der Waals surface area contributed by atoms with E-state index in [1.54, 1.807) is 4.90 Å². The largest absolute Gasteiger partial charge is 0.391 e. The average molecular weight is 215 g/mol. The third-order valence-corrected chi connectivity index (χ3v) is 2.69. The van der Waals surface area contributed by atoms with Gasteiger partial charge in [-0.05, 0) is 19.8 Å². The number of carbonyl (C=O) groups is 1. The van der Waals surface area contributed by atoms with Crippen LogP contribution in [0.15, 0.2) is 0 Å². The second-order valence-corrected chi connectivity index (χ2v) is 4.00. The molecule has 2 atom stereocenters. The Labute approximate surface area is 91.2 Å². The zero-order valence-corrected chi connectivity index (χ0v) is 9.61. The Balaban J connectivity index is 2.48. The zero-order chi connectivity index (χ0) is 11.3. The van der Waals surface area contributed by atoms with E-state index >= 15 is 0 Å². The molecular formula is C11H21NO3. The molecule has 1 aliphatic rings. The van der Waals surface area contributed by atoms with Gasteiger partial charge in [-0.25, -0.2) is 0 Å². The van der Waals surface area contributed by atoms with Gasteiger partial charge >= 0.3 is 0 Å². The van der Waals surface area contributed by atoms with E-state index < -0.39 is 0 Å². The van der Waals surface area contributed by atoms with Crippen LogP contribution in [0.4, 0.5) is 0 Å². The van der Waals surface area contributed by atoms with Gasteiger partial charge in [-0.3, -0.25) is 4.79 Å². The number of rotatable bonds is 5. The molecule has 4 heteroatoms. The highest BCUT2D eigenvalue weighted by molar-refractivity contribution is 5.76. The molecule has 1 rings (SSSR count). The fourth-order valence-corrected chi connectivity index (χ4v) is 1.97. The molecule has 1 aliphatic heterocycles. The van der Waals surface area contributed by atoms with Gasteiger partial charge in [-0.15, -0.1) is 0 Å². The van der Waals surface area contributed by atoms with Crippen molar-refractivity contribution in [2.75, 3.05) is 19.8 Å². The van der Waals surface area contributed by atoms with Gasteiger partial charge in [0, 0.05) is 19.6 Å². The fourth-order valence-electron chi connectivity index (χ4n) is 1.97. The second kappa shape index (κ2) is 6.08. The van der Waals surface area contributed by atoms with Crippen LogP contribution < -0.4 is 0 Å². The molecule has 1 heterocycles. The molecule has 0 aliphatic carbocycles. The summed E-state index contributed by atoms with van der Waals surface area (Å²) < 4.78 is 5.32. The summed E-state index contributed by atoms with van der Waals surface area (Å²) in [7, 11) is 0. The van der Waals surface area contributed by atoms with E-state index in [2.05, 4.69) is 0 Å². The van der Waals surface area contributed by atoms with Crippen LogP contribution in [0.1, 0.15) is 33.1 Å². The van der Waals surface area contributed by atoms with Crippen LogP contribution in [-0.4, -0.2) is 47.8 Å². The highest BCUT2D eigenvalue weighted by Gasteiger charge is 2.33. The number of ether oxygens (including phenoxy) is 1. The highest BCUT2D eigenvalue weighted by Crippen LogP contribution is 2.19. The first-order valence-electron chi connectivity index (χ1n) is 5.74. The summed E-state index contributed by atoms with van der Waals surface area (Å²) in [6, 6.07) is 0.0685. The number of hydrogen-bond donors (Lipinski definition) is 1. The molecule has 0 unspecified atom stereocenters. The van der Waals surface area contributed by atoms with Crippen molar-refractivity contribution < 1.29 is 14.6 Å². The Morgan fingerprint density at radius 1 is 1.53 bits per heavy atom. The third-order valence-electron chi connectivity index (χ3n) is 2.69. The molecule has 0 aromatic heterocycles. The lowest BCUT2D eigenvalue weighted by Crippen LogP contribution is -2.38. The number of hydrogen-bond acceptors (Lipinski definition) is 3. The van der Waals surface area contributed by atoms with Gasteiger partial charge in [0.25, 0.3) is 0 Å². The lowest BCUT2D eigenvalue weighted by Gasteiger charge is -2.23. The van der Waals surface area contributed by atoms with Crippen LogP contribution in [0.2, 0.25) is 0 Å². The Bertz CT molecular complexity index is 208. The van der Waals surface area contributed by atoms with Crippen molar-refractivity contribution in [1.29, 1.82) is 0 Å². The first kappa shape index (κ1) is 12.5. The van der Waals surface area contributed by atoms with Gasteiger partial charge in [0.1, 0.15) is 0 Å². The molecule has 15 heavy (non-hydrogen) atoms. The first-order chi connectivity index (χ1) is 7.19. The fraction of sp³-hybridized carbons (Fsp3) is 0.909. The molecule has 0 aromatic carbocycles. The zero-order valence-electron chi connectivity index (χ0n) is 9.61. The molecular weight excluding hydrogens is 194 g/mol. The molecule has 0 radical (unpaired) electrons. The topological polar surface area (TPSA) is 49.8 Å². The Morgan fingerprint density at radius 3 is 2.87 bits per heavy atom. The maximum atomic E-state index is 11.7. The van der Waals surface area contributed by atoms with Gasteiger partial charge in [-0.2, -0.15) is 0 Å². The average Bonchev–Trinajstić information content (AvgIpc) is 2.57. The lowest BCUT2D eigenvalue weighted by atomic mass is 10.2. The van der Waals surface area contributed by atoms with Crippen molar-refractivity contribution in [2.24, 2.45) is 0 Å². The Kier molecular flexibility index (Phi) is 5.05. The maximum absolute atomic E-state index is 11.7. The quantitative estimate of drug-likeness (QED) is 0.737. The van der Waals surface area contributed by atoms with Crippen molar-refractivity contribution in [3.8, 4) is 0 Å². The highest BCUT2D eigenvalue weighted by atomic mass is 16.5. The van der Waals surface area contributed by atoms with Crippen LogP contribution in [-0.2, 0) is 9.53 Å². The van der Waals surface area contributed by atoms with Crippen LogP contribution in [0.5, 0.6) is 0 Å². The van der Waals surface area contributed by atoms with Gasteiger partial charge in [0.05, 0.1) is 18.8 Å². The molecule has 4 nitrogen and oxygen atoms in total. The van der Waals surface area contributed by atoms with Crippen molar-refractivity contribution in [3.63, 3.8) is 0 Å². The monoisotopic (exact) mass is 215 g/mol. The summed E-state index contributed by atoms with van der Waals surface area (Å²) in [5.41, 5.74) is 0. The molecule has 88 valence electrons. The first-order valence-corrected chi connectivity index (χ1v) is 5.74. The number of aliphatic hydroxyl groups excluding tert-OH is 1. The summed E-state index contributed by atoms with van der Waals surface area (Å²) in [6.45, 7) is 5.59. The predicted molar refractivity (Wildman–Crippen MR) is 57.5 cm³/mol. The number of aliphatic hydroxyl groups is 1. The second-order valence-electron chi connectivity index (χ2n) is 4.00. The van der Waals surface area contributed by atoms with Gasteiger partial charge in [0.2, 0.25) is 5.91 Å². The minimum atomic E-state index is -0.378. The van der Waals surface area contributed by atoms with E-state index in [4.69, 9.17) is 4.74 Å². The molecule has 0 spiro atoms. The summed E-state index contributed by atoms with van der Waals surface area (Å²) >= 11 is 0. The summed E-state index contributed by atoms with van der Waals surface area (Å²) in [5.74, 6) is 0.138. The minimum Gasteiger partial charge on any atom is -0.391 e. The molecule has 0 bridgehead atoms. The van der Waals surface area contributed by atoms with Gasteiger partial charge < -0.3 is 14.7 Å². The number of likely N-dealkylation sites (tertiary alicyclic amines) is 1. The van der Waals surface area contributed by atoms with Crippen molar-refractivity contribution in [2.45, 2.75) is 45.3 Å². The van der Waals surface area contributed by atoms with Crippen LogP contribution >= 0.6 is 0 Å². The Morgan fingerprint density at radius 2 is 2.27 bits per heavy atom. The van der Waals surface area contributed by atoms with Gasteiger partial charge in [0.15, 0.2) is 0 Å². The molecule has 1 fully saturated rings. The van der Waals surface area contributed by atoms with E-state index in [-0.39, 0.29) is 18.1 Å². The smallest absolute Gasteiger partial charge is 0.222 e.